The second kappa shape index (κ2) is 4.14. The Kier molecular flexibility index (Phi) is 2.16. The monoisotopic (exact) mass is 286 g/mol. The molecule has 5 nitrogen and oxygen atoms in total. The molecule has 0 saturated heterocycles. The highest BCUT2D eigenvalue weighted by Gasteiger charge is 2.22. The number of benzene rings is 2. The Hall–Kier alpha value is -3.21. The van der Waals surface area contributed by atoms with E-state index >= 15 is 0 Å². The lowest BCUT2D eigenvalue weighted by atomic mass is 10.1. The number of nitrogens with one attached hydrogen (secondary N) is 1. The molecule has 0 bridgehead atoms. The van der Waals surface area contributed by atoms with Crippen molar-refractivity contribution in [3.63, 3.8) is 0 Å². The summed E-state index contributed by atoms with van der Waals surface area (Å²) in [4.78, 5) is 13.5. The Balaban J connectivity index is 1.75. The van der Waals surface area contributed by atoms with E-state index in [1.807, 2.05) is 48.5 Å². The molecule has 0 radical (unpaired) electrons. The van der Waals surface area contributed by atoms with Crippen molar-refractivity contribution >= 4 is 33.3 Å². The zero-order valence-electron chi connectivity index (χ0n) is 11.4. The fraction of sp³-hybridized carbons (Fsp3) is 0. The molecule has 1 aliphatic heterocycles. The first kappa shape index (κ1) is 11.4. The Morgan fingerprint density at radius 3 is 2.50 bits per heavy atom. The van der Waals surface area contributed by atoms with E-state index in [9.17, 15) is 0 Å². The third-order valence-corrected chi connectivity index (χ3v) is 3.74. The van der Waals surface area contributed by atoms with Gasteiger partial charge in [0.2, 0.25) is 5.88 Å². The maximum atomic E-state index is 5.85. The summed E-state index contributed by atoms with van der Waals surface area (Å²) in [6, 6.07) is 15.7. The van der Waals surface area contributed by atoms with Gasteiger partial charge < -0.3 is 10.1 Å². The largest absolute Gasteiger partial charge is 0.415 e. The van der Waals surface area contributed by atoms with Crippen molar-refractivity contribution in [1.82, 2.24) is 15.0 Å². The fourth-order valence-corrected chi connectivity index (χ4v) is 2.69. The van der Waals surface area contributed by atoms with Crippen LogP contribution >= 0.6 is 0 Å². The highest BCUT2D eigenvalue weighted by molar-refractivity contribution is 5.98. The van der Waals surface area contributed by atoms with Crippen molar-refractivity contribution in [3.05, 3.63) is 54.7 Å². The molecular weight excluding hydrogens is 276 g/mol. The molecular formula is C17H10N4O. The molecule has 0 saturated carbocycles. The lowest BCUT2D eigenvalue weighted by Gasteiger charge is -2.20. The highest BCUT2D eigenvalue weighted by Crippen LogP contribution is 2.42. The Labute approximate surface area is 125 Å². The lowest BCUT2D eigenvalue weighted by molar-refractivity contribution is 0.444. The number of anilines is 2. The van der Waals surface area contributed by atoms with Crippen molar-refractivity contribution in [2.24, 2.45) is 0 Å². The number of ether oxygens (including phenoxy) is 1. The molecule has 1 N–H and O–H groups in total. The topological polar surface area (TPSA) is 59.9 Å². The van der Waals surface area contributed by atoms with Gasteiger partial charge in [-0.05, 0) is 12.1 Å². The molecule has 104 valence electrons. The maximum absolute atomic E-state index is 5.85. The van der Waals surface area contributed by atoms with Gasteiger partial charge in [-0.3, -0.25) is 0 Å². The second-order valence-corrected chi connectivity index (χ2v) is 5.12. The van der Waals surface area contributed by atoms with Gasteiger partial charge in [-0.1, -0.05) is 36.4 Å². The van der Waals surface area contributed by atoms with Gasteiger partial charge in [0.15, 0.2) is 5.82 Å². The van der Waals surface area contributed by atoms with Crippen molar-refractivity contribution in [2.45, 2.75) is 0 Å². The van der Waals surface area contributed by atoms with E-state index in [0.29, 0.717) is 17.6 Å². The zero-order valence-corrected chi connectivity index (χ0v) is 11.4. The van der Waals surface area contributed by atoms with Crippen LogP contribution < -0.4 is 10.1 Å². The van der Waals surface area contributed by atoms with E-state index in [2.05, 4.69) is 20.3 Å². The summed E-state index contributed by atoms with van der Waals surface area (Å²) in [5.74, 6) is 1.59. The summed E-state index contributed by atoms with van der Waals surface area (Å²) >= 11 is 0. The Bertz CT molecular complexity index is 1040. The zero-order chi connectivity index (χ0) is 14.5. The normalized spacial score (nSPS) is 12.4. The highest BCUT2D eigenvalue weighted by atomic mass is 16.5. The molecule has 5 heteroatoms. The summed E-state index contributed by atoms with van der Waals surface area (Å²) < 4.78 is 5.85. The van der Waals surface area contributed by atoms with Crippen LogP contribution in [-0.4, -0.2) is 15.0 Å². The van der Waals surface area contributed by atoms with Crippen molar-refractivity contribution in [3.8, 4) is 11.8 Å². The third-order valence-electron chi connectivity index (χ3n) is 3.74. The van der Waals surface area contributed by atoms with Crippen LogP contribution in [0.1, 0.15) is 0 Å². The molecule has 22 heavy (non-hydrogen) atoms. The van der Waals surface area contributed by atoms with Gasteiger partial charge in [-0.2, -0.15) is 0 Å². The lowest BCUT2D eigenvalue weighted by Crippen LogP contribution is -2.08. The van der Waals surface area contributed by atoms with Crippen LogP contribution in [0, 0.1) is 0 Å². The number of pyridine rings is 1. The predicted octanol–water partition coefficient (Wildman–Crippen LogP) is 4.03. The van der Waals surface area contributed by atoms with Crippen molar-refractivity contribution < 1.29 is 4.74 Å². The number of aromatic nitrogens is 3. The number of fused-ring (bicyclic) bond motifs is 5. The molecule has 0 atom stereocenters. The molecule has 0 fully saturated rings. The summed E-state index contributed by atoms with van der Waals surface area (Å²) in [6.07, 6.45) is 1.80. The average molecular weight is 286 g/mol. The van der Waals surface area contributed by atoms with Gasteiger partial charge in [-0.15, -0.1) is 0 Å². The predicted molar refractivity (Wildman–Crippen MR) is 84.6 cm³/mol. The Morgan fingerprint density at radius 2 is 1.59 bits per heavy atom. The van der Waals surface area contributed by atoms with E-state index in [-0.39, 0.29) is 0 Å². The van der Waals surface area contributed by atoms with Crippen LogP contribution in [0.3, 0.4) is 0 Å². The van der Waals surface area contributed by atoms with Crippen molar-refractivity contribution in [1.29, 1.82) is 0 Å². The van der Waals surface area contributed by atoms with Crippen LogP contribution in [0.5, 0.6) is 11.8 Å². The summed E-state index contributed by atoms with van der Waals surface area (Å²) in [7, 11) is 0. The van der Waals surface area contributed by atoms with Crippen LogP contribution in [-0.2, 0) is 0 Å². The van der Waals surface area contributed by atoms with Crippen LogP contribution in [0.15, 0.2) is 54.7 Å². The fourth-order valence-electron chi connectivity index (χ4n) is 2.69. The summed E-state index contributed by atoms with van der Waals surface area (Å²) in [5.41, 5.74) is 2.46. The number of hydrogen-bond donors (Lipinski definition) is 1. The molecule has 0 amide bonds. The van der Waals surface area contributed by atoms with Gasteiger partial charge in [0.1, 0.15) is 5.69 Å². The van der Waals surface area contributed by atoms with Gasteiger partial charge >= 0.3 is 0 Å². The van der Waals surface area contributed by atoms with E-state index < -0.39 is 0 Å². The van der Waals surface area contributed by atoms with Crippen LogP contribution in [0.4, 0.5) is 11.5 Å². The Morgan fingerprint density at radius 1 is 0.818 bits per heavy atom. The molecule has 5 rings (SSSR count). The van der Waals surface area contributed by atoms with E-state index in [1.165, 1.54) is 0 Å². The third kappa shape index (κ3) is 1.56. The minimum Gasteiger partial charge on any atom is -0.415 e. The van der Waals surface area contributed by atoms with E-state index in [0.717, 1.165) is 27.5 Å². The SMILES string of the molecule is c1ccc2c3c(ncc2c1)Oc1nc2ccccc2nc1N3. The number of rotatable bonds is 0. The molecule has 3 heterocycles. The maximum Gasteiger partial charge on any atom is 0.265 e. The first-order valence-electron chi connectivity index (χ1n) is 6.98. The average Bonchev–Trinajstić information content (AvgIpc) is 2.58. The molecule has 0 unspecified atom stereocenters. The number of nitrogens with zero attached hydrogens (tertiary/aromatic N) is 3. The standard InChI is InChI=1S/C17H10N4O/c1-2-6-11-10(5-1)9-18-16-14(11)21-15-17(22-16)20-13-8-4-3-7-12(13)19-15/h1-9H,(H,19,21). The molecule has 2 aromatic carbocycles. The van der Waals surface area contributed by atoms with Gasteiger partial charge in [0.25, 0.3) is 5.88 Å². The molecule has 4 aromatic rings. The van der Waals surface area contributed by atoms with E-state index in [4.69, 9.17) is 4.74 Å². The quantitative estimate of drug-likeness (QED) is 0.466. The van der Waals surface area contributed by atoms with Gasteiger partial charge in [0, 0.05) is 17.0 Å². The first-order chi connectivity index (χ1) is 10.9. The van der Waals surface area contributed by atoms with Gasteiger partial charge in [0.05, 0.1) is 11.0 Å². The summed E-state index contributed by atoms with van der Waals surface area (Å²) in [6.45, 7) is 0. The number of para-hydroxylation sites is 2. The summed E-state index contributed by atoms with van der Waals surface area (Å²) in [5, 5.41) is 5.41. The van der Waals surface area contributed by atoms with Crippen molar-refractivity contribution in [2.75, 3.05) is 5.32 Å². The number of hydrogen-bond acceptors (Lipinski definition) is 5. The second-order valence-electron chi connectivity index (χ2n) is 5.12. The molecule has 1 aliphatic rings. The molecule has 0 spiro atoms. The van der Waals surface area contributed by atoms with E-state index in [1.54, 1.807) is 6.20 Å². The molecule has 2 aromatic heterocycles. The van der Waals surface area contributed by atoms with Crippen LogP contribution in [0.2, 0.25) is 0 Å². The van der Waals surface area contributed by atoms with Gasteiger partial charge in [-0.25, -0.2) is 15.0 Å². The minimum atomic E-state index is 0.453. The smallest absolute Gasteiger partial charge is 0.265 e. The van der Waals surface area contributed by atoms with Crippen LogP contribution in [0.25, 0.3) is 21.8 Å². The minimum absolute atomic E-state index is 0.453. The first-order valence-corrected chi connectivity index (χ1v) is 6.98. The molecule has 0 aliphatic carbocycles.